The van der Waals surface area contributed by atoms with E-state index in [0.29, 0.717) is 31.2 Å². The highest BCUT2D eigenvalue weighted by Gasteiger charge is 2.52. The highest BCUT2D eigenvalue weighted by Crippen LogP contribution is 2.45. The number of aromatic nitrogens is 2. The van der Waals surface area contributed by atoms with Crippen molar-refractivity contribution in [2.75, 3.05) is 23.7 Å². The third-order valence-corrected chi connectivity index (χ3v) is 4.24. The summed E-state index contributed by atoms with van der Waals surface area (Å²) < 4.78 is 1.38. The average molecular weight is 280 g/mol. The van der Waals surface area contributed by atoms with E-state index in [1.807, 2.05) is 6.92 Å². The van der Waals surface area contributed by atoms with Gasteiger partial charge in [-0.2, -0.15) is 0 Å². The number of rotatable bonds is 4. The molecular weight excluding hydrogens is 260 g/mol. The van der Waals surface area contributed by atoms with Crippen LogP contribution in [0.15, 0.2) is 9.59 Å². The van der Waals surface area contributed by atoms with Gasteiger partial charge in [0.15, 0.2) is 0 Å². The smallest absolute Gasteiger partial charge is 0.330 e. The number of nitrogens with zero attached hydrogens (tertiary/aromatic N) is 2. The fraction of sp³-hybridized carbons (Fsp3) is 0.692. The Morgan fingerprint density at radius 3 is 2.60 bits per heavy atom. The lowest BCUT2D eigenvalue weighted by molar-refractivity contribution is -0.00941. The second-order valence-corrected chi connectivity index (χ2v) is 5.88. The third-order valence-electron chi connectivity index (χ3n) is 4.24. The molecule has 2 fully saturated rings. The molecule has 0 amide bonds. The second-order valence-electron chi connectivity index (χ2n) is 5.88. The summed E-state index contributed by atoms with van der Waals surface area (Å²) in [5, 5.41) is 10.3. The van der Waals surface area contributed by atoms with Crippen molar-refractivity contribution in [2.45, 2.75) is 38.3 Å². The molecule has 20 heavy (non-hydrogen) atoms. The van der Waals surface area contributed by atoms with Crippen molar-refractivity contribution < 1.29 is 5.11 Å². The maximum Gasteiger partial charge on any atom is 0.330 e. The molecule has 1 aliphatic heterocycles. The van der Waals surface area contributed by atoms with Gasteiger partial charge in [0, 0.05) is 19.6 Å². The molecule has 7 nitrogen and oxygen atoms in total. The van der Waals surface area contributed by atoms with Gasteiger partial charge in [-0.15, -0.1) is 0 Å². The van der Waals surface area contributed by atoms with Gasteiger partial charge < -0.3 is 15.7 Å². The first-order valence-electron chi connectivity index (χ1n) is 7.06. The normalized spacial score (nSPS) is 20.8. The largest absolute Gasteiger partial charge is 0.386 e. The monoisotopic (exact) mass is 280 g/mol. The van der Waals surface area contributed by atoms with E-state index in [1.165, 1.54) is 4.57 Å². The van der Waals surface area contributed by atoms with E-state index in [-0.39, 0.29) is 5.82 Å². The van der Waals surface area contributed by atoms with Gasteiger partial charge in [0.2, 0.25) is 0 Å². The lowest BCUT2D eigenvalue weighted by atomic mass is 9.88. The van der Waals surface area contributed by atoms with Gasteiger partial charge in [0.1, 0.15) is 17.1 Å². The van der Waals surface area contributed by atoms with Crippen LogP contribution in [0.25, 0.3) is 0 Å². The number of hydrogen-bond donors (Lipinski definition) is 3. The van der Waals surface area contributed by atoms with Crippen LogP contribution >= 0.6 is 0 Å². The number of nitrogens with one attached hydrogen (secondary N) is 1. The minimum absolute atomic E-state index is 0.193. The molecule has 2 heterocycles. The number of aromatic amines is 1. The first-order chi connectivity index (χ1) is 9.46. The summed E-state index contributed by atoms with van der Waals surface area (Å²) in [7, 11) is 0. The maximum absolute atomic E-state index is 12.0. The molecule has 0 aromatic carbocycles. The topological polar surface area (TPSA) is 104 Å². The number of nitrogen functional groups attached to an aromatic ring is 1. The Balaban J connectivity index is 1.92. The molecule has 1 aromatic heterocycles. The van der Waals surface area contributed by atoms with Crippen molar-refractivity contribution in [2.24, 2.45) is 5.92 Å². The van der Waals surface area contributed by atoms with Crippen LogP contribution in [0.1, 0.15) is 26.2 Å². The van der Waals surface area contributed by atoms with E-state index < -0.39 is 16.9 Å². The molecule has 7 heteroatoms. The van der Waals surface area contributed by atoms with Crippen LogP contribution in [0, 0.1) is 5.92 Å². The van der Waals surface area contributed by atoms with Crippen molar-refractivity contribution in [3.05, 3.63) is 20.8 Å². The van der Waals surface area contributed by atoms with Crippen molar-refractivity contribution in [3.63, 3.8) is 0 Å². The molecule has 0 radical (unpaired) electrons. The maximum atomic E-state index is 12.0. The minimum Gasteiger partial charge on any atom is -0.386 e. The number of H-pyrrole nitrogens is 1. The first-order valence-corrected chi connectivity index (χ1v) is 7.06. The molecule has 0 atom stereocenters. The zero-order valence-electron chi connectivity index (χ0n) is 11.6. The molecule has 4 N–H and O–H groups in total. The second kappa shape index (κ2) is 4.37. The van der Waals surface area contributed by atoms with Crippen LogP contribution in [0.5, 0.6) is 0 Å². The van der Waals surface area contributed by atoms with E-state index in [1.54, 1.807) is 4.90 Å². The average Bonchev–Trinajstić information content (AvgIpc) is 3.16. The lowest BCUT2D eigenvalue weighted by Gasteiger charge is -2.48. The molecule has 0 unspecified atom stereocenters. The molecule has 1 aromatic rings. The predicted molar refractivity (Wildman–Crippen MR) is 75.9 cm³/mol. The van der Waals surface area contributed by atoms with E-state index in [4.69, 9.17) is 5.73 Å². The van der Waals surface area contributed by atoms with Gasteiger partial charge in [-0.3, -0.25) is 14.3 Å². The Hall–Kier alpha value is -1.76. The summed E-state index contributed by atoms with van der Waals surface area (Å²) in [4.78, 5) is 27.8. The molecule has 3 rings (SSSR count). The SMILES string of the molecule is CCCn1c(N)c(N2CC(O)(C3CC3)C2)c(=O)[nH]c1=O. The van der Waals surface area contributed by atoms with E-state index in [9.17, 15) is 14.7 Å². The van der Waals surface area contributed by atoms with E-state index in [2.05, 4.69) is 4.98 Å². The Bertz CT molecular complexity index is 638. The van der Waals surface area contributed by atoms with Gasteiger partial charge in [-0.1, -0.05) is 6.92 Å². The molecule has 1 saturated heterocycles. The fourth-order valence-electron chi connectivity index (χ4n) is 2.98. The summed E-state index contributed by atoms with van der Waals surface area (Å²) in [5.41, 5.74) is 4.65. The van der Waals surface area contributed by atoms with Crippen LogP contribution in [0.3, 0.4) is 0 Å². The van der Waals surface area contributed by atoms with Crippen LogP contribution in [-0.4, -0.2) is 33.3 Å². The van der Waals surface area contributed by atoms with Crippen molar-refractivity contribution in [1.82, 2.24) is 9.55 Å². The Labute approximate surface area is 116 Å². The van der Waals surface area contributed by atoms with Gasteiger partial charge in [-0.05, 0) is 25.2 Å². The Kier molecular flexibility index (Phi) is 2.89. The molecule has 2 aliphatic rings. The molecular formula is C13H20N4O3. The zero-order valence-corrected chi connectivity index (χ0v) is 11.6. The van der Waals surface area contributed by atoms with Crippen LogP contribution in [0.4, 0.5) is 11.5 Å². The van der Waals surface area contributed by atoms with Gasteiger partial charge >= 0.3 is 5.69 Å². The molecule has 0 bridgehead atoms. The standard InChI is InChI=1S/C13H20N4O3/c1-2-5-17-10(14)9(11(18)15-12(17)19)16-6-13(20,7-16)8-3-4-8/h8,20H,2-7,14H2,1H3,(H,15,18,19). The quantitative estimate of drug-likeness (QED) is 0.689. The zero-order chi connectivity index (χ0) is 14.5. The van der Waals surface area contributed by atoms with Crippen molar-refractivity contribution in [1.29, 1.82) is 0 Å². The lowest BCUT2D eigenvalue weighted by Crippen LogP contribution is -2.64. The highest BCUT2D eigenvalue weighted by molar-refractivity contribution is 5.64. The van der Waals surface area contributed by atoms with Gasteiger partial charge in [-0.25, -0.2) is 4.79 Å². The molecule has 0 spiro atoms. The summed E-state index contributed by atoms with van der Waals surface area (Å²) in [6, 6.07) is 0. The summed E-state index contributed by atoms with van der Waals surface area (Å²) >= 11 is 0. The minimum atomic E-state index is -0.690. The Morgan fingerprint density at radius 1 is 1.40 bits per heavy atom. The molecule has 1 aliphatic carbocycles. The molecule has 1 saturated carbocycles. The fourth-order valence-corrected chi connectivity index (χ4v) is 2.98. The number of hydrogen-bond acceptors (Lipinski definition) is 5. The van der Waals surface area contributed by atoms with Gasteiger partial charge in [0.25, 0.3) is 5.56 Å². The summed E-state index contributed by atoms with van der Waals surface area (Å²) in [6.07, 6.45) is 2.85. The van der Waals surface area contributed by atoms with Crippen LogP contribution < -0.4 is 21.9 Å². The number of anilines is 2. The van der Waals surface area contributed by atoms with Gasteiger partial charge in [0.05, 0.1) is 0 Å². The third kappa shape index (κ3) is 1.93. The van der Waals surface area contributed by atoms with E-state index in [0.717, 1.165) is 19.3 Å². The number of β-amino-alcohol motifs (C(OH)–C–C–N with tert-alkyl or cyclic N) is 1. The number of nitrogens with two attached hydrogens (primary N) is 1. The predicted octanol–water partition coefficient (Wildman–Crippen LogP) is -0.510. The van der Waals surface area contributed by atoms with Crippen LogP contribution in [-0.2, 0) is 6.54 Å². The van der Waals surface area contributed by atoms with E-state index >= 15 is 0 Å². The Morgan fingerprint density at radius 2 is 2.05 bits per heavy atom. The van der Waals surface area contributed by atoms with Crippen LogP contribution in [0.2, 0.25) is 0 Å². The highest BCUT2D eigenvalue weighted by atomic mass is 16.3. The summed E-state index contributed by atoms with van der Waals surface area (Å²) in [6.45, 7) is 3.23. The van der Waals surface area contributed by atoms with Crippen molar-refractivity contribution in [3.8, 4) is 0 Å². The first kappa shape index (κ1) is 13.2. The molecule has 110 valence electrons. The number of aliphatic hydroxyl groups is 1. The van der Waals surface area contributed by atoms with Crippen molar-refractivity contribution >= 4 is 11.5 Å². The summed E-state index contributed by atoms with van der Waals surface area (Å²) in [5.74, 6) is 0.541.